The molecule has 148 valence electrons. The number of carbonyl (C=O) groups is 1. The van der Waals surface area contributed by atoms with Gasteiger partial charge in [-0.2, -0.15) is 9.47 Å². The van der Waals surface area contributed by atoms with Crippen LogP contribution in [-0.4, -0.2) is 66.0 Å². The molecule has 1 aliphatic carbocycles. The van der Waals surface area contributed by atoms with Gasteiger partial charge in [0.15, 0.2) is 15.5 Å². The fourth-order valence-corrected chi connectivity index (χ4v) is 4.87. The Bertz CT molecular complexity index is 963. The van der Waals surface area contributed by atoms with E-state index in [1.165, 1.54) is 18.5 Å². The molecule has 1 amide bonds. The van der Waals surface area contributed by atoms with Crippen LogP contribution in [0.2, 0.25) is 0 Å². The first kappa shape index (κ1) is 19.0. The van der Waals surface area contributed by atoms with Gasteiger partial charge in [0.05, 0.1) is 36.4 Å². The number of sulfone groups is 1. The summed E-state index contributed by atoms with van der Waals surface area (Å²) in [4.78, 5) is 17.0. The first-order valence-electron chi connectivity index (χ1n) is 8.88. The highest BCUT2D eigenvalue weighted by Gasteiger charge is 2.36. The van der Waals surface area contributed by atoms with Crippen molar-refractivity contribution in [2.75, 3.05) is 31.6 Å². The van der Waals surface area contributed by atoms with E-state index in [0.29, 0.717) is 49.8 Å². The molecule has 11 heteroatoms. The van der Waals surface area contributed by atoms with Gasteiger partial charge in [0, 0.05) is 17.1 Å². The van der Waals surface area contributed by atoms with Crippen molar-refractivity contribution in [2.45, 2.75) is 23.0 Å². The van der Waals surface area contributed by atoms with Crippen LogP contribution in [-0.2, 0) is 19.4 Å². The van der Waals surface area contributed by atoms with Crippen LogP contribution < -0.4 is 5.32 Å². The average molecular weight is 422 g/mol. The fraction of sp³-hybridized carbons (Fsp3) is 0.412. The van der Waals surface area contributed by atoms with Crippen molar-refractivity contribution in [1.82, 2.24) is 14.4 Å². The van der Waals surface area contributed by atoms with E-state index in [1.807, 2.05) is 0 Å². The predicted octanol–water partition coefficient (Wildman–Crippen LogP) is 1.15. The van der Waals surface area contributed by atoms with Gasteiger partial charge in [-0.05, 0) is 25.0 Å². The van der Waals surface area contributed by atoms with Gasteiger partial charge >= 0.3 is 0 Å². The minimum absolute atomic E-state index is 0.187. The first-order valence-corrected chi connectivity index (χ1v) is 11.2. The maximum atomic E-state index is 12.8. The molecule has 1 aliphatic heterocycles. The Morgan fingerprint density at radius 1 is 1.21 bits per heavy atom. The minimum atomic E-state index is -3.28. The largest absolute Gasteiger partial charge is 0.378 e. The van der Waals surface area contributed by atoms with Crippen LogP contribution >= 0.6 is 11.5 Å². The smallest absolute Gasteiger partial charge is 0.278 e. The number of amides is 1. The van der Waals surface area contributed by atoms with Crippen molar-refractivity contribution >= 4 is 38.1 Å². The summed E-state index contributed by atoms with van der Waals surface area (Å²) in [5.74, 6) is -0.430. The molecule has 28 heavy (non-hydrogen) atoms. The summed E-state index contributed by atoms with van der Waals surface area (Å²) in [6, 6.07) is 6.31. The first-order chi connectivity index (χ1) is 13.5. The zero-order valence-electron chi connectivity index (χ0n) is 14.9. The number of ether oxygens (including phenoxy) is 1. The van der Waals surface area contributed by atoms with Gasteiger partial charge in [0.1, 0.15) is 6.33 Å². The molecule has 2 fully saturated rings. The highest BCUT2D eigenvalue weighted by Crippen LogP contribution is 2.33. The number of hydrogen-bond donors (Lipinski definition) is 1. The van der Waals surface area contributed by atoms with Gasteiger partial charge in [0.2, 0.25) is 5.13 Å². The number of hydrazone groups is 1. The summed E-state index contributed by atoms with van der Waals surface area (Å²) in [7, 11) is -3.28. The van der Waals surface area contributed by atoms with Crippen molar-refractivity contribution in [3.05, 3.63) is 36.2 Å². The van der Waals surface area contributed by atoms with Crippen LogP contribution in [0.5, 0.6) is 0 Å². The van der Waals surface area contributed by atoms with E-state index >= 15 is 0 Å². The molecule has 0 radical (unpaired) electrons. The molecule has 0 unspecified atom stereocenters. The number of aromatic nitrogens is 2. The summed E-state index contributed by atoms with van der Waals surface area (Å²) in [5.41, 5.74) is 0.718. The number of nitrogens with zero attached hydrogens (tertiary/aromatic N) is 4. The Hall–Kier alpha value is -2.37. The number of nitrogens with one attached hydrogen (secondary N) is 1. The Balaban J connectivity index is 1.62. The standard InChI is InChI=1S/C17H19N5O4S2/c23-16(20-17-18-11-19-27-17)15(21-22-7-9-26-10-8-22)12-1-3-13(4-2-12)28(24,25)14-5-6-14/h1-4,11,14H,5-10H2,(H,18,19,20,23)/b21-15+. The molecule has 0 bridgehead atoms. The molecule has 2 aromatic rings. The Kier molecular flexibility index (Phi) is 5.38. The molecule has 1 aromatic heterocycles. The highest BCUT2D eigenvalue weighted by atomic mass is 32.2. The molecular formula is C17H19N5O4S2. The lowest BCUT2D eigenvalue weighted by molar-refractivity contribution is -0.110. The third-order valence-corrected chi connectivity index (χ3v) is 7.30. The Morgan fingerprint density at radius 2 is 1.93 bits per heavy atom. The van der Waals surface area contributed by atoms with Crippen molar-refractivity contribution in [3.63, 3.8) is 0 Å². The second-order valence-electron chi connectivity index (χ2n) is 6.48. The maximum absolute atomic E-state index is 12.8. The molecule has 1 aromatic carbocycles. The van der Waals surface area contributed by atoms with Gasteiger partial charge in [-0.15, -0.1) is 0 Å². The van der Waals surface area contributed by atoms with Gasteiger partial charge in [0.25, 0.3) is 5.91 Å². The monoisotopic (exact) mass is 421 g/mol. The molecule has 4 rings (SSSR count). The van der Waals surface area contributed by atoms with Crippen LogP contribution in [0.25, 0.3) is 0 Å². The van der Waals surface area contributed by atoms with Crippen LogP contribution in [0, 0.1) is 0 Å². The number of anilines is 1. The zero-order chi connectivity index (χ0) is 19.6. The number of benzene rings is 1. The lowest BCUT2D eigenvalue weighted by atomic mass is 10.1. The van der Waals surface area contributed by atoms with Crippen molar-refractivity contribution in [3.8, 4) is 0 Å². The summed E-state index contributed by atoms with van der Waals surface area (Å²) in [6.45, 7) is 2.22. The average Bonchev–Trinajstić information content (AvgIpc) is 3.46. The number of hydrogen-bond acceptors (Lipinski definition) is 9. The van der Waals surface area contributed by atoms with Crippen molar-refractivity contribution < 1.29 is 17.9 Å². The highest BCUT2D eigenvalue weighted by molar-refractivity contribution is 7.92. The van der Waals surface area contributed by atoms with Gasteiger partial charge in [-0.1, -0.05) is 12.1 Å². The molecule has 0 atom stereocenters. The van der Waals surface area contributed by atoms with Crippen LogP contribution in [0.3, 0.4) is 0 Å². The number of rotatable bonds is 6. The molecule has 0 spiro atoms. The third kappa shape index (κ3) is 4.21. The second-order valence-corrected chi connectivity index (χ2v) is 9.49. The minimum Gasteiger partial charge on any atom is -0.378 e. The topological polar surface area (TPSA) is 114 Å². The molecule has 1 N–H and O–H groups in total. The normalized spacial score (nSPS) is 18.1. The van der Waals surface area contributed by atoms with E-state index in [0.717, 1.165) is 11.5 Å². The predicted molar refractivity (Wildman–Crippen MR) is 104 cm³/mol. The fourth-order valence-electron chi connectivity index (χ4n) is 2.79. The maximum Gasteiger partial charge on any atom is 0.278 e. The van der Waals surface area contributed by atoms with Crippen LogP contribution in [0.15, 0.2) is 40.6 Å². The summed E-state index contributed by atoms with van der Waals surface area (Å²) >= 11 is 1.06. The van der Waals surface area contributed by atoms with Crippen LogP contribution in [0.4, 0.5) is 5.13 Å². The summed E-state index contributed by atoms with van der Waals surface area (Å²) < 4.78 is 34.0. The van der Waals surface area contributed by atoms with Gasteiger partial charge in [-0.3, -0.25) is 15.1 Å². The SMILES string of the molecule is O=C(Nc1ncns1)/C(=N/N1CCOCC1)c1ccc(S(=O)(=O)C2CC2)cc1. The third-order valence-electron chi connectivity index (χ3n) is 4.45. The molecule has 1 saturated heterocycles. The van der Waals surface area contributed by atoms with Gasteiger partial charge in [-0.25, -0.2) is 13.4 Å². The van der Waals surface area contributed by atoms with Crippen molar-refractivity contribution in [2.24, 2.45) is 5.10 Å². The quantitative estimate of drug-likeness (QED) is 0.696. The molecule has 9 nitrogen and oxygen atoms in total. The van der Waals surface area contributed by atoms with Crippen LogP contribution in [0.1, 0.15) is 18.4 Å². The molecule has 1 saturated carbocycles. The zero-order valence-corrected chi connectivity index (χ0v) is 16.6. The Morgan fingerprint density at radius 3 is 2.54 bits per heavy atom. The van der Waals surface area contributed by atoms with E-state index in [9.17, 15) is 13.2 Å². The van der Waals surface area contributed by atoms with E-state index in [1.54, 1.807) is 17.1 Å². The lowest BCUT2D eigenvalue weighted by Crippen LogP contribution is -2.35. The van der Waals surface area contributed by atoms with E-state index < -0.39 is 15.7 Å². The number of morpholine rings is 1. The van der Waals surface area contributed by atoms with E-state index in [2.05, 4.69) is 19.8 Å². The second kappa shape index (κ2) is 7.94. The number of carbonyl (C=O) groups excluding carboxylic acids is 1. The molecule has 2 aliphatic rings. The Labute approximate surface area is 166 Å². The van der Waals surface area contributed by atoms with E-state index in [-0.39, 0.29) is 15.9 Å². The summed E-state index contributed by atoms with van der Waals surface area (Å²) in [5, 5.41) is 9.03. The summed E-state index contributed by atoms with van der Waals surface area (Å²) in [6.07, 6.45) is 2.77. The van der Waals surface area contributed by atoms with Crippen molar-refractivity contribution in [1.29, 1.82) is 0 Å². The molecular weight excluding hydrogens is 402 g/mol. The lowest BCUT2D eigenvalue weighted by Gasteiger charge is -2.24. The van der Waals surface area contributed by atoms with E-state index in [4.69, 9.17) is 4.74 Å². The van der Waals surface area contributed by atoms with Gasteiger partial charge < -0.3 is 4.74 Å². The molecule has 2 heterocycles.